The SMILES string of the molecule is CCC1CCC(C(=O)CC2CCCC(F)(F)C2)C1. The van der Waals surface area contributed by atoms with Crippen molar-refractivity contribution in [3.8, 4) is 0 Å². The fourth-order valence-electron chi connectivity index (χ4n) is 3.64. The second-order valence-electron chi connectivity index (χ2n) is 6.27. The number of hydrogen-bond donors (Lipinski definition) is 0. The van der Waals surface area contributed by atoms with Crippen LogP contribution in [-0.2, 0) is 4.79 Å². The van der Waals surface area contributed by atoms with E-state index < -0.39 is 5.92 Å². The van der Waals surface area contributed by atoms with Gasteiger partial charge in [0.05, 0.1) is 0 Å². The maximum atomic E-state index is 13.3. The molecule has 3 unspecified atom stereocenters. The third kappa shape index (κ3) is 3.52. The first-order chi connectivity index (χ1) is 8.50. The zero-order valence-electron chi connectivity index (χ0n) is 11.3. The number of ketones is 1. The Kier molecular flexibility index (Phi) is 4.39. The molecule has 0 aromatic heterocycles. The predicted octanol–water partition coefficient (Wildman–Crippen LogP) is 4.60. The van der Waals surface area contributed by atoms with E-state index in [0.29, 0.717) is 18.8 Å². The smallest absolute Gasteiger partial charge is 0.248 e. The minimum Gasteiger partial charge on any atom is -0.299 e. The highest BCUT2D eigenvalue weighted by atomic mass is 19.3. The molecule has 0 aliphatic heterocycles. The highest BCUT2D eigenvalue weighted by molar-refractivity contribution is 5.81. The fourth-order valence-corrected chi connectivity index (χ4v) is 3.64. The Morgan fingerprint density at radius 3 is 2.61 bits per heavy atom. The van der Waals surface area contributed by atoms with Crippen LogP contribution < -0.4 is 0 Å². The molecule has 0 bridgehead atoms. The maximum absolute atomic E-state index is 13.3. The summed E-state index contributed by atoms with van der Waals surface area (Å²) in [5, 5.41) is 0. The molecule has 0 N–H and O–H groups in total. The molecule has 0 saturated heterocycles. The molecule has 3 atom stereocenters. The summed E-state index contributed by atoms with van der Waals surface area (Å²) in [6, 6.07) is 0. The van der Waals surface area contributed by atoms with Crippen molar-refractivity contribution in [1.29, 1.82) is 0 Å². The summed E-state index contributed by atoms with van der Waals surface area (Å²) in [5.41, 5.74) is 0. The van der Waals surface area contributed by atoms with E-state index in [1.165, 1.54) is 0 Å². The summed E-state index contributed by atoms with van der Waals surface area (Å²) in [6.07, 6.45) is 6.01. The largest absolute Gasteiger partial charge is 0.299 e. The summed E-state index contributed by atoms with van der Waals surface area (Å²) < 4.78 is 26.6. The molecule has 1 nitrogen and oxygen atoms in total. The van der Waals surface area contributed by atoms with E-state index in [9.17, 15) is 13.6 Å². The average molecular weight is 258 g/mol. The average Bonchev–Trinajstić information content (AvgIpc) is 2.76. The number of halogens is 2. The molecule has 2 saturated carbocycles. The summed E-state index contributed by atoms with van der Waals surface area (Å²) >= 11 is 0. The lowest BCUT2D eigenvalue weighted by Gasteiger charge is -2.29. The van der Waals surface area contributed by atoms with Crippen LogP contribution in [0.4, 0.5) is 8.78 Å². The second kappa shape index (κ2) is 5.66. The molecule has 2 aliphatic rings. The first-order valence-corrected chi connectivity index (χ1v) is 7.40. The summed E-state index contributed by atoms with van der Waals surface area (Å²) in [6.45, 7) is 2.17. The van der Waals surface area contributed by atoms with Crippen LogP contribution >= 0.6 is 0 Å². The van der Waals surface area contributed by atoms with Crippen molar-refractivity contribution >= 4 is 5.78 Å². The van der Waals surface area contributed by atoms with Crippen molar-refractivity contribution in [2.75, 3.05) is 0 Å². The molecule has 0 aromatic rings. The van der Waals surface area contributed by atoms with Gasteiger partial charge >= 0.3 is 0 Å². The highest BCUT2D eigenvalue weighted by Gasteiger charge is 2.38. The third-order valence-electron chi connectivity index (χ3n) is 4.81. The van der Waals surface area contributed by atoms with Gasteiger partial charge in [-0.1, -0.05) is 13.3 Å². The van der Waals surface area contributed by atoms with Gasteiger partial charge in [0.15, 0.2) is 0 Å². The second-order valence-corrected chi connectivity index (χ2v) is 6.27. The van der Waals surface area contributed by atoms with Crippen molar-refractivity contribution in [3.63, 3.8) is 0 Å². The normalized spacial score (nSPS) is 35.6. The van der Waals surface area contributed by atoms with Gasteiger partial charge in [0.2, 0.25) is 5.92 Å². The lowest BCUT2D eigenvalue weighted by Crippen LogP contribution is -2.28. The van der Waals surface area contributed by atoms with Gasteiger partial charge in [-0.05, 0) is 43.9 Å². The third-order valence-corrected chi connectivity index (χ3v) is 4.81. The van der Waals surface area contributed by atoms with Gasteiger partial charge in [-0.25, -0.2) is 8.78 Å². The lowest BCUT2D eigenvalue weighted by atomic mass is 9.81. The molecule has 0 amide bonds. The monoisotopic (exact) mass is 258 g/mol. The van der Waals surface area contributed by atoms with Crippen LogP contribution in [0.5, 0.6) is 0 Å². The number of carbonyl (C=O) groups excluding carboxylic acids is 1. The van der Waals surface area contributed by atoms with Gasteiger partial charge in [-0.3, -0.25) is 4.79 Å². The molecular weight excluding hydrogens is 234 g/mol. The standard InChI is InChI=1S/C15H24F2O/c1-2-11-5-6-13(8-11)14(18)9-12-4-3-7-15(16,17)10-12/h11-13H,2-10H2,1H3. The van der Waals surface area contributed by atoms with Crippen LogP contribution in [0.15, 0.2) is 0 Å². The van der Waals surface area contributed by atoms with E-state index in [-0.39, 0.29) is 30.5 Å². The molecular formula is C15H24F2O. The Labute approximate surface area is 108 Å². The number of hydrogen-bond acceptors (Lipinski definition) is 1. The molecule has 3 heteroatoms. The van der Waals surface area contributed by atoms with E-state index in [1.54, 1.807) is 0 Å². The minimum atomic E-state index is -2.52. The van der Waals surface area contributed by atoms with E-state index in [2.05, 4.69) is 6.92 Å². The summed E-state index contributed by atoms with van der Waals surface area (Å²) in [7, 11) is 0. The Balaban J connectivity index is 1.81. The Morgan fingerprint density at radius 1 is 1.22 bits per heavy atom. The molecule has 2 fully saturated rings. The van der Waals surface area contributed by atoms with Gasteiger partial charge in [0.25, 0.3) is 0 Å². The van der Waals surface area contributed by atoms with Crippen LogP contribution in [-0.4, -0.2) is 11.7 Å². The molecule has 2 aliphatic carbocycles. The first-order valence-electron chi connectivity index (χ1n) is 7.40. The van der Waals surface area contributed by atoms with Crippen molar-refractivity contribution in [2.45, 2.75) is 70.6 Å². The molecule has 0 aromatic carbocycles. The zero-order valence-corrected chi connectivity index (χ0v) is 11.3. The minimum absolute atomic E-state index is 0.0129. The fraction of sp³-hybridized carbons (Fsp3) is 0.933. The van der Waals surface area contributed by atoms with Crippen molar-refractivity contribution in [1.82, 2.24) is 0 Å². The molecule has 0 spiro atoms. The van der Waals surface area contributed by atoms with Gasteiger partial charge in [0.1, 0.15) is 5.78 Å². The van der Waals surface area contributed by atoms with Gasteiger partial charge in [-0.2, -0.15) is 0 Å². The van der Waals surface area contributed by atoms with E-state index in [4.69, 9.17) is 0 Å². The van der Waals surface area contributed by atoms with Crippen LogP contribution in [0.1, 0.15) is 64.7 Å². The van der Waals surface area contributed by atoms with Crippen LogP contribution in [0.3, 0.4) is 0 Å². The van der Waals surface area contributed by atoms with Crippen molar-refractivity contribution < 1.29 is 13.6 Å². The Hall–Kier alpha value is -0.470. The van der Waals surface area contributed by atoms with Gasteiger partial charge in [-0.15, -0.1) is 0 Å². The Bertz CT molecular complexity index is 301. The molecule has 0 heterocycles. The van der Waals surface area contributed by atoms with Crippen LogP contribution in [0.25, 0.3) is 0 Å². The molecule has 18 heavy (non-hydrogen) atoms. The number of alkyl halides is 2. The zero-order chi connectivity index (χ0) is 13.2. The number of rotatable bonds is 4. The lowest BCUT2D eigenvalue weighted by molar-refractivity contribution is -0.125. The topological polar surface area (TPSA) is 17.1 Å². The Morgan fingerprint density at radius 2 is 2.00 bits per heavy atom. The van der Waals surface area contributed by atoms with Gasteiger partial charge < -0.3 is 0 Å². The predicted molar refractivity (Wildman–Crippen MR) is 67.7 cm³/mol. The van der Waals surface area contributed by atoms with E-state index in [0.717, 1.165) is 32.1 Å². The van der Waals surface area contributed by atoms with Crippen LogP contribution in [0.2, 0.25) is 0 Å². The maximum Gasteiger partial charge on any atom is 0.248 e. The van der Waals surface area contributed by atoms with Crippen molar-refractivity contribution in [3.05, 3.63) is 0 Å². The van der Waals surface area contributed by atoms with Crippen molar-refractivity contribution in [2.24, 2.45) is 17.8 Å². The van der Waals surface area contributed by atoms with Crippen LogP contribution in [0, 0.1) is 17.8 Å². The molecule has 0 radical (unpaired) electrons. The summed E-state index contributed by atoms with van der Waals surface area (Å²) in [5.74, 6) is -1.47. The van der Waals surface area contributed by atoms with E-state index in [1.807, 2.05) is 0 Å². The number of Topliss-reactive ketones (excluding diaryl/α,β-unsaturated/α-hetero) is 1. The highest BCUT2D eigenvalue weighted by Crippen LogP contribution is 2.40. The number of carbonyl (C=O) groups is 1. The van der Waals surface area contributed by atoms with E-state index >= 15 is 0 Å². The molecule has 104 valence electrons. The quantitative estimate of drug-likeness (QED) is 0.720. The van der Waals surface area contributed by atoms with Gasteiger partial charge in [0, 0.05) is 25.2 Å². The summed E-state index contributed by atoms with van der Waals surface area (Å²) in [4.78, 5) is 12.1. The molecule has 2 rings (SSSR count). The first kappa shape index (κ1) is 14.0.